The van der Waals surface area contributed by atoms with E-state index in [1.807, 2.05) is 0 Å². The van der Waals surface area contributed by atoms with Gasteiger partial charge in [-0.3, -0.25) is 11.1 Å². The summed E-state index contributed by atoms with van der Waals surface area (Å²) in [6.07, 6.45) is 17.7. The molecule has 0 aliphatic rings. The first kappa shape index (κ1) is 33.9. The summed E-state index contributed by atoms with van der Waals surface area (Å²) < 4.78 is 0. The Balaban J connectivity index is 0.000000251. The monoisotopic (exact) mass is 574 g/mol. The average Bonchev–Trinajstić information content (AvgIpc) is 3.06. The number of rotatable bonds is 18. The van der Waals surface area contributed by atoms with Crippen LogP contribution in [0.3, 0.4) is 0 Å². The van der Waals surface area contributed by atoms with Crippen LogP contribution in [0.25, 0.3) is 0 Å². The lowest BCUT2D eigenvalue weighted by molar-refractivity contribution is -0.118. The van der Waals surface area contributed by atoms with E-state index in [0.29, 0.717) is 5.84 Å². The second kappa shape index (κ2) is 20.3. The fraction of sp³-hybridized carbons (Fsp3) is 0.375. The van der Waals surface area contributed by atoms with E-state index in [0.717, 1.165) is 6.42 Å². The van der Waals surface area contributed by atoms with Crippen LogP contribution in [-0.4, -0.2) is 12.0 Å². The Hall–Kier alpha value is -3.59. The molecule has 0 saturated carbocycles. The maximum absolute atomic E-state index is 5.43. The molecule has 0 radical (unpaired) electrons. The summed E-state index contributed by atoms with van der Waals surface area (Å²) in [5.41, 5.74) is 10.8. The van der Waals surface area contributed by atoms with Gasteiger partial charge in [0.2, 0.25) is 5.84 Å². The summed E-state index contributed by atoms with van der Waals surface area (Å²) in [5.74, 6) is 0.595. The van der Waals surface area contributed by atoms with Gasteiger partial charge in [-0.05, 0) is 6.42 Å². The Morgan fingerprint density at radius 1 is 0.442 bits per heavy atom. The van der Waals surface area contributed by atoms with Crippen molar-refractivity contribution in [1.29, 1.82) is 0 Å². The lowest BCUT2D eigenvalue weighted by Crippen LogP contribution is -2.74. The quantitative estimate of drug-likeness (QED) is 0.0595. The van der Waals surface area contributed by atoms with Gasteiger partial charge in [0, 0.05) is 6.42 Å². The first-order chi connectivity index (χ1) is 21.2. The molecule has 43 heavy (non-hydrogen) atoms. The molecule has 0 bridgehead atoms. The highest BCUT2D eigenvalue weighted by Gasteiger charge is 2.31. The molecule has 0 aliphatic heterocycles. The van der Waals surface area contributed by atoms with Crippen LogP contribution < -0.4 is 33.0 Å². The summed E-state index contributed by atoms with van der Waals surface area (Å²) in [6.45, 7) is 2.28. The minimum Gasteiger partial charge on any atom is -0.291 e. The van der Waals surface area contributed by atoms with Crippen molar-refractivity contribution in [3.8, 4) is 0 Å². The zero-order chi connectivity index (χ0) is 30.4. The molecule has 0 fully saturated rings. The molecule has 4 rings (SSSR count). The van der Waals surface area contributed by atoms with Crippen LogP contribution in [0.15, 0.2) is 121 Å². The van der Waals surface area contributed by atoms with E-state index in [9.17, 15) is 0 Å². The Morgan fingerprint density at radius 2 is 0.698 bits per heavy atom. The van der Waals surface area contributed by atoms with Gasteiger partial charge in [-0.2, -0.15) is 21.9 Å². The SMILES string of the molecule is CCCCCCCCCCCCCCCC(N)=[NH2+].c1ccc([B-](c2ccccc2)(c2ccccc2)c2ccccc2)cc1. The first-order valence-corrected chi connectivity index (χ1v) is 16.9. The molecule has 2 nitrogen and oxygen atoms in total. The molecule has 0 spiro atoms. The molecule has 4 N–H and O–H groups in total. The second-order valence-corrected chi connectivity index (χ2v) is 12.1. The third-order valence-electron chi connectivity index (χ3n) is 8.77. The number of unbranched alkanes of at least 4 members (excludes halogenated alkanes) is 12. The van der Waals surface area contributed by atoms with Gasteiger partial charge in [-0.15, -0.1) is 0 Å². The van der Waals surface area contributed by atoms with E-state index >= 15 is 0 Å². The fourth-order valence-electron chi connectivity index (χ4n) is 6.47. The van der Waals surface area contributed by atoms with Crippen molar-refractivity contribution >= 4 is 33.8 Å². The number of hydrogen-bond acceptors (Lipinski definition) is 0. The average molecular weight is 575 g/mol. The number of benzene rings is 4. The minimum atomic E-state index is -1.22. The third kappa shape index (κ3) is 11.2. The van der Waals surface area contributed by atoms with E-state index in [-0.39, 0.29) is 0 Å². The van der Waals surface area contributed by atoms with Gasteiger partial charge in [0.05, 0.1) is 0 Å². The van der Waals surface area contributed by atoms with Crippen LogP contribution in [0.5, 0.6) is 0 Å². The predicted molar refractivity (Wildman–Crippen MR) is 191 cm³/mol. The lowest BCUT2D eigenvalue weighted by atomic mass is 9.13. The molecule has 0 saturated heterocycles. The predicted octanol–water partition coefficient (Wildman–Crippen LogP) is 6.65. The van der Waals surface area contributed by atoms with Crippen LogP contribution in [0.4, 0.5) is 0 Å². The molecule has 0 amide bonds. The van der Waals surface area contributed by atoms with Crippen molar-refractivity contribution < 1.29 is 5.41 Å². The fourth-order valence-corrected chi connectivity index (χ4v) is 6.47. The van der Waals surface area contributed by atoms with Gasteiger partial charge in [-0.25, -0.2) is 0 Å². The number of nitrogens with two attached hydrogens (primary N) is 2. The topological polar surface area (TPSA) is 51.6 Å². The summed E-state index contributed by atoms with van der Waals surface area (Å²) in [6, 6.07) is 43.5. The van der Waals surface area contributed by atoms with Crippen molar-refractivity contribution in [3.05, 3.63) is 121 Å². The second-order valence-electron chi connectivity index (χ2n) is 12.1. The van der Waals surface area contributed by atoms with E-state index < -0.39 is 6.15 Å². The van der Waals surface area contributed by atoms with E-state index in [1.165, 1.54) is 105 Å². The highest BCUT2D eigenvalue weighted by molar-refractivity contribution is 7.19. The Morgan fingerprint density at radius 3 is 0.953 bits per heavy atom. The molecule has 0 aromatic heterocycles. The number of hydrogen-bond donors (Lipinski definition) is 2. The molecule has 4 aromatic rings. The maximum Gasteiger partial charge on any atom is 0.238 e. The summed E-state index contributed by atoms with van der Waals surface area (Å²) >= 11 is 0. The molecule has 0 atom stereocenters. The Bertz CT molecular complexity index is 1080. The standard InChI is InChI=1S/C24H20B.C16H34N2/c1-5-13-21(14-6-1)25(22-15-7-2-8-16-22,23-17-9-3-10-18-23)24-19-11-4-12-20-24;1-2-3-4-5-6-7-8-9-10-11-12-13-14-15-16(17)18/h1-20H;2-15H2,1H3,(H3,17,18)/q-1;/p+1. The summed E-state index contributed by atoms with van der Waals surface area (Å²) in [5, 5.41) is 5.43. The molecule has 4 aromatic carbocycles. The molecule has 228 valence electrons. The Labute approximate surface area is 262 Å². The van der Waals surface area contributed by atoms with Gasteiger partial charge in [0.25, 0.3) is 0 Å². The summed E-state index contributed by atoms with van der Waals surface area (Å²) in [4.78, 5) is 0. The molecule has 0 aliphatic carbocycles. The number of amidine groups is 1. The third-order valence-corrected chi connectivity index (χ3v) is 8.77. The van der Waals surface area contributed by atoms with E-state index in [1.54, 1.807) is 0 Å². The normalized spacial score (nSPS) is 11.0. The first-order valence-electron chi connectivity index (χ1n) is 16.9. The highest BCUT2D eigenvalue weighted by Crippen LogP contribution is 2.13. The molecular formula is C40H55BN2. The minimum absolute atomic E-state index is 0.595. The van der Waals surface area contributed by atoms with Gasteiger partial charge in [0.15, 0.2) is 0 Å². The highest BCUT2D eigenvalue weighted by atomic mass is 14.7. The molecule has 0 heterocycles. The smallest absolute Gasteiger partial charge is 0.238 e. The van der Waals surface area contributed by atoms with Crippen LogP contribution in [-0.2, 0) is 0 Å². The van der Waals surface area contributed by atoms with Crippen LogP contribution in [0, 0.1) is 0 Å². The van der Waals surface area contributed by atoms with E-state index in [4.69, 9.17) is 11.1 Å². The maximum atomic E-state index is 5.43. The van der Waals surface area contributed by atoms with Crippen molar-refractivity contribution in [3.63, 3.8) is 0 Å². The molecule has 0 unspecified atom stereocenters. The lowest BCUT2D eigenvalue weighted by Gasteiger charge is -2.44. The van der Waals surface area contributed by atoms with Crippen LogP contribution in [0.2, 0.25) is 0 Å². The summed E-state index contributed by atoms with van der Waals surface area (Å²) in [7, 11) is 0. The Kier molecular flexibility index (Phi) is 16.0. The van der Waals surface area contributed by atoms with Crippen LogP contribution >= 0.6 is 0 Å². The van der Waals surface area contributed by atoms with Crippen molar-refractivity contribution in [2.24, 2.45) is 5.73 Å². The van der Waals surface area contributed by atoms with Crippen molar-refractivity contribution in [1.82, 2.24) is 0 Å². The largest absolute Gasteiger partial charge is 0.291 e. The van der Waals surface area contributed by atoms with Gasteiger partial charge in [0.1, 0.15) is 6.15 Å². The van der Waals surface area contributed by atoms with Gasteiger partial charge >= 0.3 is 0 Å². The molecular weight excluding hydrogens is 519 g/mol. The zero-order valence-electron chi connectivity index (χ0n) is 26.7. The van der Waals surface area contributed by atoms with Crippen molar-refractivity contribution in [2.45, 2.75) is 96.8 Å². The van der Waals surface area contributed by atoms with Crippen LogP contribution in [0.1, 0.15) is 96.8 Å². The van der Waals surface area contributed by atoms with E-state index in [2.05, 4.69) is 128 Å². The van der Waals surface area contributed by atoms with Gasteiger partial charge in [-0.1, -0.05) is 205 Å². The van der Waals surface area contributed by atoms with Gasteiger partial charge < -0.3 is 0 Å². The zero-order valence-corrected chi connectivity index (χ0v) is 26.7. The van der Waals surface area contributed by atoms with Crippen molar-refractivity contribution in [2.75, 3.05) is 0 Å². The molecule has 3 heteroatoms.